The van der Waals surface area contributed by atoms with Crippen LogP contribution in [0.3, 0.4) is 0 Å². The SMILES string of the molecule is CCC(N)CC(=O)c1cncc(OC(C)C)c1. The fourth-order valence-corrected chi connectivity index (χ4v) is 1.41. The zero-order valence-corrected chi connectivity index (χ0v) is 10.6. The monoisotopic (exact) mass is 236 g/mol. The summed E-state index contributed by atoms with van der Waals surface area (Å²) in [5.41, 5.74) is 6.32. The fourth-order valence-electron chi connectivity index (χ4n) is 1.41. The molecule has 0 amide bonds. The Hall–Kier alpha value is -1.42. The van der Waals surface area contributed by atoms with Crippen molar-refractivity contribution in [1.29, 1.82) is 0 Å². The number of rotatable bonds is 6. The molecular formula is C13H20N2O2. The number of aromatic nitrogens is 1. The molecule has 4 nitrogen and oxygen atoms in total. The number of nitrogens with zero attached hydrogens (tertiary/aromatic N) is 1. The molecule has 94 valence electrons. The van der Waals surface area contributed by atoms with Gasteiger partial charge < -0.3 is 10.5 Å². The fraction of sp³-hybridized carbons (Fsp3) is 0.538. The Balaban J connectivity index is 2.73. The number of ether oxygens (including phenoxy) is 1. The highest BCUT2D eigenvalue weighted by atomic mass is 16.5. The number of pyridine rings is 1. The van der Waals surface area contributed by atoms with E-state index in [2.05, 4.69) is 4.98 Å². The zero-order chi connectivity index (χ0) is 12.8. The summed E-state index contributed by atoms with van der Waals surface area (Å²) in [5, 5.41) is 0. The van der Waals surface area contributed by atoms with Crippen LogP contribution >= 0.6 is 0 Å². The van der Waals surface area contributed by atoms with Crippen molar-refractivity contribution in [2.45, 2.75) is 45.8 Å². The number of carbonyl (C=O) groups is 1. The summed E-state index contributed by atoms with van der Waals surface area (Å²) in [7, 11) is 0. The summed E-state index contributed by atoms with van der Waals surface area (Å²) >= 11 is 0. The lowest BCUT2D eigenvalue weighted by Gasteiger charge is -2.11. The first-order chi connectivity index (χ1) is 8.02. The maximum Gasteiger partial charge on any atom is 0.166 e. The summed E-state index contributed by atoms with van der Waals surface area (Å²) in [6.07, 6.45) is 4.37. The van der Waals surface area contributed by atoms with Gasteiger partial charge >= 0.3 is 0 Å². The Morgan fingerprint density at radius 2 is 2.18 bits per heavy atom. The van der Waals surface area contributed by atoms with Crippen LogP contribution in [0.4, 0.5) is 0 Å². The molecule has 1 atom stereocenters. The van der Waals surface area contributed by atoms with Crippen molar-refractivity contribution in [3.05, 3.63) is 24.0 Å². The molecule has 4 heteroatoms. The maximum absolute atomic E-state index is 11.9. The number of Topliss-reactive ketones (excluding diaryl/α,β-unsaturated/α-hetero) is 1. The van der Waals surface area contributed by atoms with Crippen LogP contribution < -0.4 is 10.5 Å². The largest absolute Gasteiger partial charge is 0.489 e. The highest BCUT2D eigenvalue weighted by molar-refractivity contribution is 5.96. The molecule has 1 rings (SSSR count). The van der Waals surface area contributed by atoms with Crippen molar-refractivity contribution >= 4 is 5.78 Å². The van der Waals surface area contributed by atoms with Crippen molar-refractivity contribution in [3.8, 4) is 5.75 Å². The molecule has 1 heterocycles. The minimum Gasteiger partial charge on any atom is -0.489 e. The Morgan fingerprint density at radius 3 is 2.76 bits per heavy atom. The molecule has 0 saturated heterocycles. The first kappa shape index (κ1) is 13.6. The highest BCUT2D eigenvalue weighted by Crippen LogP contribution is 2.15. The molecule has 0 spiro atoms. The Kier molecular flexibility index (Phi) is 5.10. The molecule has 1 unspecified atom stereocenters. The van der Waals surface area contributed by atoms with Crippen LogP contribution in [0.2, 0.25) is 0 Å². The molecule has 0 radical (unpaired) electrons. The van der Waals surface area contributed by atoms with E-state index in [-0.39, 0.29) is 17.9 Å². The molecule has 0 bridgehead atoms. The molecule has 0 aliphatic rings. The molecule has 2 N–H and O–H groups in total. The second-order valence-electron chi connectivity index (χ2n) is 4.37. The van der Waals surface area contributed by atoms with Crippen LogP contribution in [-0.4, -0.2) is 22.9 Å². The second-order valence-corrected chi connectivity index (χ2v) is 4.37. The third-order valence-corrected chi connectivity index (χ3v) is 2.38. The van der Waals surface area contributed by atoms with Gasteiger partial charge in [-0.05, 0) is 26.3 Å². The second kappa shape index (κ2) is 6.35. The predicted octanol–water partition coefficient (Wildman–Crippen LogP) is 2.18. The van der Waals surface area contributed by atoms with Crippen LogP contribution in [0.5, 0.6) is 5.75 Å². The van der Waals surface area contributed by atoms with Crippen molar-refractivity contribution < 1.29 is 9.53 Å². The normalized spacial score (nSPS) is 12.5. The van der Waals surface area contributed by atoms with Gasteiger partial charge in [-0.1, -0.05) is 6.92 Å². The highest BCUT2D eigenvalue weighted by Gasteiger charge is 2.11. The van der Waals surface area contributed by atoms with Gasteiger partial charge in [0.05, 0.1) is 12.3 Å². The average molecular weight is 236 g/mol. The van der Waals surface area contributed by atoms with Crippen LogP contribution in [-0.2, 0) is 0 Å². The van der Waals surface area contributed by atoms with E-state index in [0.717, 1.165) is 6.42 Å². The van der Waals surface area contributed by atoms with Crippen LogP contribution in [0, 0.1) is 0 Å². The quantitative estimate of drug-likeness (QED) is 0.769. The van der Waals surface area contributed by atoms with Crippen LogP contribution in [0.25, 0.3) is 0 Å². The minimum atomic E-state index is -0.0860. The van der Waals surface area contributed by atoms with E-state index in [9.17, 15) is 4.79 Å². The third-order valence-electron chi connectivity index (χ3n) is 2.38. The minimum absolute atomic E-state index is 0.0149. The Bertz CT molecular complexity index is 377. The summed E-state index contributed by atoms with van der Waals surface area (Å²) in [5.74, 6) is 0.636. The molecule has 0 fully saturated rings. The van der Waals surface area contributed by atoms with Gasteiger partial charge in [0.15, 0.2) is 5.78 Å². The maximum atomic E-state index is 11.9. The molecule has 0 aliphatic carbocycles. The van der Waals surface area contributed by atoms with E-state index < -0.39 is 0 Å². The lowest BCUT2D eigenvalue weighted by Crippen LogP contribution is -2.22. The third kappa shape index (κ3) is 4.53. The first-order valence-corrected chi connectivity index (χ1v) is 5.93. The summed E-state index contributed by atoms with van der Waals surface area (Å²) in [6, 6.07) is 1.63. The van der Waals surface area contributed by atoms with E-state index in [1.165, 1.54) is 0 Å². The Morgan fingerprint density at radius 1 is 1.47 bits per heavy atom. The van der Waals surface area contributed by atoms with E-state index >= 15 is 0 Å². The standard InChI is InChI=1S/C13H20N2O2/c1-4-11(14)6-13(16)10-5-12(8-15-7-10)17-9(2)3/h5,7-9,11H,4,6,14H2,1-3H3. The van der Waals surface area contributed by atoms with Gasteiger partial charge in [0.25, 0.3) is 0 Å². The van der Waals surface area contributed by atoms with Gasteiger partial charge in [-0.15, -0.1) is 0 Å². The van der Waals surface area contributed by atoms with E-state index in [1.54, 1.807) is 18.5 Å². The van der Waals surface area contributed by atoms with Gasteiger partial charge in [0, 0.05) is 24.2 Å². The number of hydrogen-bond donors (Lipinski definition) is 1. The van der Waals surface area contributed by atoms with Crippen molar-refractivity contribution in [3.63, 3.8) is 0 Å². The van der Waals surface area contributed by atoms with Crippen molar-refractivity contribution in [2.75, 3.05) is 0 Å². The predicted molar refractivity (Wildman–Crippen MR) is 67.2 cm³/mol. The summed E-state index contributed by atoms with van der Waals surface area (Å²) < 4.78 is 5.49. The van der Waals surface area contributed by atoms with E-state index in [0.29, 0.717) is 17.7 Å². The van der Waals surface area contributed by atoms with Gasteiger partial charge in [-0.25, -0.2) is 0 Å². The molecule has 0 aliphatic heterocycles. The van der Waals surface area contributed by atoms with E-state index in [4.69, 9.17) is 10.5 Å². The lowest BCUT2D eigenvalue weighted by atomic mass is 10.0. The van der Waals surface area contributed by atoms with Gasteiger partial charge in [-0.3, -0.25) is 9.78 Å². The zero-order valence-electron chi connectivity index (χ0n) is 10.6. The molecule has 0 saturated carbocycles. The number of ketones is 1. The smallest absolute Gasteiger partial charge is 0.166 e. The topological polar surface area (TPSA) is 65.2 Å². The first-order valence-electron chi connectivity index (χ1n) is 5.93. The molecule has 1 aromatic rings. The van der Waals surface area contributed by atoms with Crippen molar-refractivity contribution in [2.24, 2.45) is 5.73 Å². The number of carbonyl (C=O) groups excluding carboxylic acids is 1. The number of hydrogen-bond acceptors (Lipinski definition) is 4. The van der Waals surface area contributed by atoms with Gasteiger partial charge in [0.2, 0.25) is 0 Å². The Labute approximate surface area is 102 Å². The van der Waals surface area contributed by atoms with Crippen molar-refractivity contribution in [1.82, 2.24) is 4.98 Å². The summed E-state index contributed by atoms with van der Waals surface area (Å²) in [4.78, 5) is 15.9. The lowest BCUT2D eigenvalue weighted by molar-refractivity contribution is 0.0972. The molecule has 1 aromatic heterocycles. The summed E-state index contributed by atoms with van der Waals surface area (Å²) in [6.45, 7) is 5.83. The van der Waals surface area contributed by atoms with Gasteiger partial charge in [0.1, 0.15) is 5.75 Å². The molecule has 0 aromatic carbocycles. The van der Waals surface area contributed by atoms with Crippen LogP contribution in [0.1, 0.15) is 44.0 Å². The number of nitrogens with two attached hydrogens (primary N) is 1. The average Bonchev–Trinajstić information content (AvgIpc) is 2.28. The molecule has 17 heavy (non-hydrogen) atoms. The molecular weight excluding hydrogens is 216 g/mol. The van der Waals surface area contributed by atoms with E-state index in [1.807, 2.05) is 20.8 Å². The van der Waals surface area contributed by atoms with Crippen LogP contribution in [0.15, 0.2) is 18.5 Å². The van der Waals surface area contributed by atoms with Gasteiger partial charge in [-0.2, -0.15) is 0 Å².